The molecule has 0 bridgehead atoms. The highest BCUT2D eigenvalue weighted by molar-refractivity contribution is 5.74. The molecule has 1 aliphatic carbocycles. The minimum Gasteiger partial charge on any atom is -0.399 e. The van der Waals surface area contributed by atoms with Crippen molar-refractivity contribution in [3.8, 4) is 11.8 Å². The Kier molecular flexibility index (Phi) is 2.73. The number of hydrogen-bond acceptors (Lipinski definition) is 2. The van der Waals surface area contributed by atoms with Gasteiger partial charge >= 0.3 is 0 Å². The summed E-state index contributed by atoms with van der Waals surface area (Å²) >= 11 is 0. The first-order chi connectivity index (χ1) is 7.35. The molecule has 2 nitrogen and oxygen atoms in total. The van der Waals surface area contributed by atoms with E-state index >= 15 is 0 Å². The molecule has 1 aromatic rings. The van der Waals surface area contributed by atoms with Crippen LogP contribution in [0.4, 0.5) is 0 Å². The number of oxime groups is 1. The van der Waals surface area contributed by atoms with Crippen LogP contribution in [-0.4, -0.2) is 13.3 Å². The number of hydrogen-bond donors (Lipinski definition) is 0. The van der Waals surface area contributed by atoms with Crippen LogP contribution >= 0.6 is 0 Å². The van der Waals surface area contributed by atoms with Crippen LogP contribution in [-0.2, 0) is 4.84 Å². The average molecular weight is 199 g/mol. The van der Waals surface area contributed by atoms with Gasteiger partial charge in [-0.1, -0.05) is 35.2 Å². The van der Waals surface area contributed by atoms with E-state index in [1.165, 1.54) is 0 Å². The molecule has 15 heavy (non-hydrogen) atoms. The molecule has 0 aromatic heterocycles. The Bertz CT molecular complexity index is 407. The summed E-state index contributed by atoms with van der Waals surface area (Å²) in [6.45, 7) is 0. The van der Waals surface area contributed by atoms with Crippen molar-refractivity contribution in [2.75, 3.05) is 7.11 Å². The maximum absolute atomic E-state index is 4.67. The van der Waals surface area contributed by atoms with Crippen LogP contribution in [0.25, 0.3) is 0 Å². The molecule has 0 heterocycles. The maximum atomic E-state index is 4.67. The van der Waals surface area contributed by atoms with Crippen LogP contribution < -0.4 is 0 Å². The van der Waals surface area contributed by atoms with E-state index in [0.29, 0.717) is 0 Å². The highest BCUT2D eigenvalue weighted by Gasteiger charge is 2.39. The van der Waals surface area contributed by atoms with Gasteiger partial charge in [0, 0.05) is 5.56 Å². The van der Waals surface area contributed by atoms with Crippen LogP contribution in [0.3, 0.4) is 0 Å². The quantitative estimate of drug-likeness (QED) is 0.407. The molecule has 0 atom stereocenters. The fraction of sp³-hybridized carbons (Fsp3) is 0.308. The van der Waals surface area contributed by atoms with Crippen molar-refractivity contribution in [2.45, 2.75) is 12.8 Å². The van der Waals surface area contributed by atoms with Crippen molar-refractivity contribution in [3.63, 3.8) is 0 Å². The van der Waals surface area contributed by atoms with E-state index < -0.39 is 0 Å². The van der Waals surface area contributed by atoms with Gasteiger partial charge in [0.05, 0.1) is 11.6 Å². The van der Waals surface area contributed by atoms with Gasteiger partial charge in [-0.3, -0.25) is 0 Å². The van der Waals surface area contributed by atoms with E-state index in [1.54, 1.807) is 7.11 Å². The molecule has 0 spiro atoms. The maximum Gasteiger partial charge on any atom is 0.106 e. The zero-order valence-corrected chi connectivity index (χ0v) is 8.73. The van der Waals surface area contributed by atoms with Gasteiger partial charge in [-0.15, -0.1) is 0 Å². The summed E-state index contributed by atoms with van der Waals surface area (Å²) in [4.78, 5) is 4.67. The van der Waals surface area contributed by atoms with Gasteiger partial charge in [-0.05, 0) is 25.0 Å². The number of rotatable bonds is 2. The first-order valence-electron chi connectivity index (χ1n) is 5.01. The van der Waals surface area contributed by atoms with E-state index in [9.17, 15) is 0 Å². The Morgan fingerprint density at radius 3 is 2.67 bits per heavy atom. The van der Waals surface area contributed by atoms with Crippen LogP contribution in [0.1, 0.15) is 18.4 Å². The molecular weight excluding hydrogens is 186 g/mol. The van der Waals surface area contributed by atoms with Gasteiger partial charge < -0.3 is 4.84 Å². The fourth-order valence-corrected chi connectivity index (χ4v) is 1.29. The molecular formula is C13H13NO. The lowest BCUT2D eigenvalue weighted by Crippen LogP contribution is -1.97. The fourth-order valence-electron chi connectivity index (χ4n) is 1.29. The normalized spacial score (nSPS) is 16.9. The van der Waals surface area contributed by atoms with Crippen molar-refractivity contribution in [1.29, 1.82) is 0 Å². The molecule has 0 aliphatic heterocycles. The van der Waals surface area contributed by atoms with Gasteiger partial charge in [0.25, 0.3) is 0 Å². The third-order valence-corrected chi connectivity index (χ3v) is 2.42. The van der Waals surface area contributed by atoms with E-state index in [1.807, 2.05) is 36.5 Å². The highest BCUT2D eigenvalue weighted by atomic mass is 16.6. The van der Waals surface area contributed by atoms with Crippen molar-refractivity contribution in [2.24, 2.45) is 10.6 Å². The third-order valence-electron chi connectivity index (χ3n) is 2.42. The molecule has 0 amide bonds. The summed E-state index contributed by atoms with van der Waals surface area (Å²) in [6.07, 6.45) is 3.97. The Labute approximate surface area is 89.9 Å². The summed E-state index contributed by atoms with van der Waals surface area (Å²) in [5, 5.41) is 3.79. The van der Waals surface area contributed by atoms with Gasteiger partial charge in [0.2, 0.25) is 0 Å². The largest absolute Gasteiger partial charge is 0.399 e. The van der Waals surface area contributed by atoms with Crippen LogP contribution in [0.5, 0.6) is 0 Å². The first kappa shape index (κ1) is 9.79. The standard InChI is InChI=1S/C13H13NO/c1-15-14-11-13(9-10-13)8-7-12-5-3-2-4-6-12/h2-6,11H,9-10H2,1H3/b14-11+. The second kappa shape index (κ2) is 4.18. The molecule has 1 aliphatic rings. The zero-order valence-electron chi connectivity index (χ0n) is 8.73. The number of benzene rings is 1. The Morgan fingerprint density at radius 2 is 2.07 bits per heavy atom. The van der Waals surface area contributed by atoms with Crippen LogP contribution in [0.15, 0.2) is 35.5 Å². The second-order valence-corrected chi connectivity index (χ2v) is 3.69. The predicted molar refractivity (Wildman–Crippen MR) is 60.5 cm³/mol. The van der Waals surface area contributed by atoms with Gasteiger partial charge in [-0.25, -0.2) is 0 Å². The summed E-state index contributed by atoms with van der Waals surface area (Å²) in [5.41, 5.74) is 1.03. The summed E-state index contributed by atoms with van der Waals surface area (Å²) in [6, 6.07) is 10.00. The average Bonchev–Trinajstić information content (AvgIpc) is 3.06. The van der Waals surface area contributed by atoms with Crippen molar-refractivity contribution in [3.05, 3.63) is 35.9 Å². The molecule has 2 rings (SSSR count). The van der Waals surface area contributed by atoms with E-state index in [4.69, 9.17) is 0 Å². The molecule has 2 heteroatoms. The molecule has 0 radical (unpaired) electrons. The Morgan fingerprint density at radius 1 is 1.33 bits per heavy atom. The van der Waals surface area contributed by atoms with E-state index in [-0.39, 0.29) is 5.41 Å². The van der Waals surface area contributed by atoms with Gasteiger partial charge in [0.1, 0.15) is 7.11 Å². The van der Waals surface area contributed by atoms with E-state index in [0.717, 1.165) is 18.4 Å². The smallest absolute Gasteiger partial charge is 0.106 e. The SMILES string of the molecule is CO/N=C/C1(C#Cc2ccccc2)CC1. The van der Waals surface area contributed by atoms with Crippen molar-refractivity contribution >= 4 is 6.21 Å². The lowest BCUT2D eigenvalue weighted by atomic mass is 10.1. The molecule has 1 aromatic carbocycles. The number of nitrogens with zero attached hydrogens (tertiary/aromatic N) is 1. The highest BCUT2D eigenvalue weighted by Crippen LogP contribution is 2.43. The Hall–Kier alpha value is -1.75. The van der Waals surface area contributed by atoms with Crippen molar-refractivity contribution < 1.29 is 4.84 Å². The Balaban J connectivity index is 2.09. The predicted octanol–water partition coefficient (Wildman–Crippen LogP) is 2.45. The first-order valence-corrected chi connectivity index (χ1v) is 5.01. The lowest BCUT2D eigenvalue weighted by molar-refractivity contribution is 0.213. The monoisotopic (exact) mass is 199 g/mol. The minimum absolute atomic E-state index is 0.0220. The lowest BCUT2D eigenvalue weighted by Gasteiger charge is -1.96. The third kappa shape index (κ3) is 2.60. The second-order valence-electron chi connectivity index (χ2n) is 3.69. The summed E-state index contributed by atoms with van der Waals surface area (Å²) < 4.78 is 0. The van der Waals surface area contributed by atoms with Gasteiger partial charge in [0.15, 0.2) is 0 Å². The summed E-state index contributed by atoms with van der Waals surface area (Å²) in [5.74, 6) is 6.40. The molecule has 1 fully saturated rings. The zero-order chi connectivity index (χ0) is 10.6. The van der Waals surface area contributed by atoms with Crippen LogP contribution in [0.2, 0.25) is 0 Å². The molecule has 0 unspecified atom stereocenters. The molecule has 0 N–H and O–H groups in total. The van der Waals surface area contributed by atoms with E-state index in [2.05, 4.69) is 21.8 Å². The van der Waals surface area contributed by atoms with Crippen molar-refractivity contribution in [1.82, 2.24) is 0 Å². The van der Waals surface area contributed by atoms with Crippen LogP contribution in [0, 0.1) is 17.3 Å². The molecule has 76 valence electrons. The topological polar surface area (TPSA) is 21.6 Å². The minimum atomic E-state index is -0.0220. The molecule has 1 saturated carbocycles. The molecule has 0 saturated heterocycles. The van der Waals surface area contributed by atoms with Gasteiger partial charge in [-0.2, -0.15) is 0 Å². The summed E-state index contributed by atoms with van der Waals surface area (Å²) in [7, 11) is 1.55.